The van der Waals surface area contributed by atoms with Crippen molar-refractivity contribution in [3.8, 4) is 11.4 Å². The third kappa shape index (κ3) is 3.15. The Morgan fingerprint density at radius 2 is 2.12 bits per heavy atom. The van der Waals surface area contributed by atoms with Gasteiger partial charge in [-0.05, 0) is 37.0 Å². The Morgan fingerprint density at radius 3 is 2.88 bits per heavy atom. The van der Waals surface area contributed by atoms with E-state index in [2.05, 4.69) is 30.4 Å². The van der Waals surface area contributed by atoms with Gasteiger partial charge in [0.2, 0.25) is 5.91 Å². The van der Waals surface area contributed by atoms with Gasteiger partial charge in [0.05, 0.1) is 12.4 Å². The van der Waals surface area contributed by atoms with Gasteiger partial charge in [0, 0.05) is 24.2 Å². The normalized spacial score (nSPS) is 17.1. The van der Waals surface area contributed by atoms with E-state index in [4.69, 9.17) is 11.6 Å². The van der Waals surface area contributed by atoms with Crippen molar-refractivity contribution in [1.29, 1.82) is 0 Å². The Balaban J connectivity index is 1.50. The molecule has 9 heteroatoms. The standard InChI is InChI=1S/C17H16ClN7O/c1-10-7-20-21-9-13(10)15-22-17(24-23-15)25-5-4-12(16(25)26)6-11-2-3-14(18)19-8-11/h2-3,7-9,12H,4-6H2,1H3,(H,22,23,24). The number of amides is 1. The molecular weight excluding hydrogens is 354 g/mol. The summed E-state index contributed by atoms with van der Waals surface area (Å²) in [6, 6.07) is 3.64. The monoisotopic (exact) mass is 369 g/mol. The molecule has 1 N–H and O–H groups in total. The number of aryl methyl sites for hydroxylation is 1. The first-order valence-electron chi connectivity index (χ1n) is 8.23. The molecule has 1 amide bonds. The Hall–Kier alpha value is -2.87. The van der Waals surface area contributed by atoms with Gasteiger partial charge in [-0.3, -0.25) is 14.8 Å². The van der Waals surface area contributed by atoms with E-state index in [0.717, 1.165) is 23.1 Å². The minimum atomic E-state index is -0.107. The molecular formula is C17H16ClN7O. The third-order valence-electron chi connectivity index (χ3n) is 4.49. The first-order chi connectivity index (χ1) is 12.6. The summed E-state index contributed by atoms with van der Waals surface area (Å²) < 4.78 is 0. The zero-order valence-electron chi connectivity index (χ0n) is 14.1. The van der Waals surface area contributed by atoms with Crippen molar-refractivity contribution >= 4 is 23.5 Å². The van der Waals surface area contributed by atoms with Crippen LogP contribution in [-0.4, -0.2) is 42.8 Å². The number of anilines is 1. The number of carbonyl (C=O) groups excluding carboxylic acids is 1. The van der Waals surface area contributed by atoms with Crippen molar-refractivity contribution in [2.45, 2.75) is 19.8 Å². The zero-order chi connectivity index (χ0) is 18.1. The molecule has 8 nitrogen and oxygen atoms in total. The van der Waals surface area contributed by atoms with Gasteiger partial charge in [-0.1, -0.05) is 17.7 Å². The molecule has 4 rings (SSSR count). The van der Waals surface area contributed by atoms with Crippen LogP contribution in [0.15, 0.2) is 30.7 Å². The minimum Gasteiger partial charge on any atom is -0.279 e. The number of aromatic nitrogens is 6. The molecule has 26 heavy (non-hydrogen) atoms. The number of hydrogen-bond acceptors (Lipinski definition) is 6. The van der Waals surface area contributed by atoms with Crippen molar-refractivity contribution in [3.63, 3.8) is 0 Å². The summed E-state index contributed by atoms with van der Waals surface area (Å²) in [5.41, 5.74) is 2.74. The summed E-state index contributed by atoms with van der Waals surface area (Å²) in [6.07, 6.45) is 6.38. The van der Waals surface area contributed by atoms with Gasteiger partial charge in [-0.15, -0.1) is 5.10 Å². The fourth-order valence-electron chi connectivity index (χ4n) is 3.06. The average Bonchev–Trinajstić information content (AvgIpc) is 3.25. The van der Waals surface area contributed by atoms with E-state index in [1.54, 1.807) is 29.6 Å². The van der Waals surface area contributed by atoms with Gasteiger partial charge in [0.15, 0.2) is 5.82 Å². The zero-order valence-corrected chi connectivity index (χ0v) is 14.8. The van der Waals surface area contributed by atoms with E-state index in [1.807, 2.05) is 13.0 Å². The van der Waals surface area contributed by atoms with E-state index in [9.17, 15) is 4.79 Å². The number of aromatic amines is 1. The molecule has 0 aromatic carbocycles. The number of nitrogens with zero attached hydrogens (tertiary/aromatic N) is 6. The summed E-state index contributed by atoms with van der Waals surface area (Å²) in [5, 5.41) is 15.2. The second kappa shape index (κ2) is 6.80. The lowest BCUT2D eigenvalue weighted by molar-refractivity contribution is -0.120. The lowest BCUT2D eigenvalue weighted by Gasteiger charge is -2.12. The topological polar surface area (TPSA) is 101 Å². The van der Waals surface area contributed by atoms with Crippen LogP contribution in [0, 0.1) is 12.8 Å². The summed E-state index contributed by atoms with van der Waals surface area (Å²) >= 11 is 5.81. The Bertz CT molecular complexity index is 940. The van der Waals surface area contributed by atoms with E-state index in [-0.39, 0.29) is 11.8 Å². The Kier molecular flexibility index (Phi) is 4.34. The fraction of sp³-hybridized carbons (Fsp3) is 0.294. The van der Waals surface area contributed by atoms with Crippen LogP contribution in [0.3, 0.4) is 0 Å². The van der Waals surface area contributed by atoms with E-state index in [1.165, 1.54) is 0 Å². The molecule has 0 aliphatic carbocycles. The maximum absolute atomic E-state index is 12.8. The van der Waals surface area contributed by atoms with Gasteiger partial charge in [0.1, 0.15) is 5.15 Å². The number of halogens is 1. The molecule has 3 aromatic rings. The molecule has 0 spiro atoms. The Labute approximate surface area is 154 Å². The van der Waals surface area contributed by atoms with E-state index in [0.29, 0.717) is 29.9 Å². The molecule has 0 bridgehead atoms. The molecule has 4 heterocycles. The number of carbonyl (C=O) groups is 1. The van der Waals surface area contributed by atoms with Gasteiger partial charge < -0.3 is 0 Å². The van der Waals surface area contributed by atoms with Crippen LogP contribution in [-0.2, 0) is 11.2 Å². The van der Waals surface area contributed by atoms with Crippen LogP contribution in [0.5, 0.6) is 0 Å². The number of rotatable bonds is 4. The highest BCUT2D eigenvalue weighted by Crippen LogP contribution is 2.27. The summed E-state index contributed by atoms with van der Waals surface area (Å²) in [5.74, 6) is 0.878. The van der Waals surface area contributed by atoms with E-state index < -0.39 is 0 Å². The quantitative estimate of drug-likeness (QED) is 0.707. The number of pyridine rings is 1. The Morgan fingerprint density at radius 1 is 1.27 bits per heavy atom. The largest absolute Gasteiger partial charge is 0.279 e. The summed E-state index contributed by atoms with van der Waals surface area (Å²) in [7, 11) is 0. The number of H-pyrrole nitrogens is 1. The maximum atomic E-state index is 12.8. The molecule has 1 aliphatic rings. The summed E-state index contributed by atoms with van der Waals surface area (Å²) in [6.45, 7) is 2.51. The van der Waals surface area contributed by atoms with Crippen LogP contribution in [0.2, 0.25) is 5.15 Å². The average molecular weight is 370 g/mol. The first kappa shape index (κ1) is 16.6. The smallest absolute Gasteiger partial charge is 0.251 e. The molecule has 1 unspecified atom stereocenters. The van der Waals surface area contributed by atoms with Crippen LogP contribution < -0.4 is 4.90 Å². The van der Waals surface area contributed by atoms with Crippen LogP contribution >= 0.6 is 11.6 Å². The predicted molar refractivity (Wildman–Crippen MR) is 95.6 cm³/mol. The van der Waals surface area contributed by atoms with Gasteiger partial charge in [-0.25, -0.2) is 4.98 Å². The van der Waals surface area contributed by atoms with E-state index >= 15 is 0 Å². The molecule has 0 radical (unpaired) electrons. The highest BCUT2D eigenvalue weighted by molar-refractivity contribution is 6.29. The molecule has 0 saturated carbocycles. The molecule has 1 aliphatic heterocycles. The lowest BCUT2D eigenvalue weighted by Crippen LogP contribution is -2.28. The van der Waals surface area contributed by atoms with Crippen LogP contribution in [0.1, 0.15) is 17.5 Å². The molecule has 1 saturated heterocycles. The molecule has 132 valence electrons. The molecule has 1 atom stereocenters. The van der Waals surface area contributed by atoms with Gasteiger partial charge in [-0.2, -0.15) is 15.2 Å². The second-order valence-corrected chi connectivity index (χ2v) is 6.63. The molecule has 3 aromatic heterocycles. The third-order valence-corrected chi connectivity index (χ3v) is 4.71. The predicted octanol–water partition coefficient (Wildman–Crippen LogP) is 2.21. The second-order valence-electron chi connectivity index (χ2n) is 6.24. The van der Waals surface area contributed by atoms with Crippen molar-refractivity contribution < 1.29 is 4.79 Å². The summed E-state index contributed by atoms with van der Waals surface area (Å²) in [4.78, 5) is 22.9. The first-order valence-corrected chi connectivity index (χ1v) is 8.61. The highest BCUT2D eigenvalue weighted by Gasteiger charge is 2.34. The maximum Gasteiger partial charge on any atom is 0.251 e. The minimum absolute atomic E-state index is 0.0232. The fourth-order valence-corrected chi connectivity index (χ4v) is 3.17. The van der Waals surface area contributed by atoms with Crippen LogP contribution in [0.4, 0.5) is 5.95 Å². The molecule has 1 fully saturated rings. The number of nitrogens with one attached hydrogen (secondary N) is 1. The van der Waals surface area contributed by atoms with Gasteiger partial charge >= 0.3 is 0 Å². The van der Waals surface area contributed by atoms with Crippen molar-refractivity contribution in [2.75, 3.05) is 11.4 Å². The highest BCUT2D eigenvalue weighted by atomic mass is 35.5. The number of hydrogen-bond donors (Lipinski definition) is 1. The SMILES string of the molecule is Cc1cnncc1-c1nc(N2CCC(Cc3ccc(Cl)nc3)C2=O)n[nH]1. The van der Waals surface area contributed by atoms with Crippen molar-refractivity contribution in [3.05, 3.63) is 47.0 Å². The van der Waals surface area contributed by atoms with Crippen molar-refractivity contribution in [1.82, 2.24) is 30.4 Å². The lowest BCUT2D eigenvalue weighted by atomic mass is 9.99. The van der Waals surface area contributed by atoms with Gasteiger partial charge in [0.25, 0.3) is 5.95 Å². The van der Waals surface area contributed by atoms with Crippen molar-refractivity contribution in [2.24, 2.45) is 5.92 Å². The van der Waals surface area contributed by atoms with Crippen LogP contribution in [0.25, 0.3) is 11.4 Å².